The van der Waals surface area contributed by atoms with Crippen molar-refractivity contribution in [2.24, 2.45) is 0 Å². The summed E-state index contributed by atoms with van der Waals surface area (Å²) in [6, 6.07) is 14.2. The Balaban J connectivity index is 1.47. The van der Waals surface area contributed by atoms with E-state index in [1.165, 1.54) is 22.9 Å². The number of hydrogen-bond acceptors (Lipinski definition) is 5. The second-order valence-electron chi connectivity index (χ2n) is 7.56. The molecule has 0 fully saturated rings. The standard InChI is InChI=1S/C25H20F2N4O2/c26-21-8-6-17(12-22(21)27)15-31-10-2-5-20(24(31)33)23(32)9-7-16-3-1-4-18(11-16)19-13-29-25(28)30-14-19/h1-6,8,10-14H,7,9,15H2,(H2,28,29,30). The Morgan fingerprint density at radius 3 is 2.45 bits per heavy atom. The van der Waals surface area contributed by atoms with Crippen LogP contribution >= 0.6 is 0 Å². The molecule has 4 aromatic rings. The molecule has 2 aromatic heterocycles. The molecule has 0 amide bonds. The van der Waals surface area contributed by atoms with E-state index < -0.39 is 17.2 Å². The highest BCUT2D eigenvalue weighted by atomic mass is 19.2. The lowest BCUT2D eigenvalue weighted by molar-refractivity contribution is 0.0981. The van der Waals surface area contributed by atoms with Crippen LogP contribution in [0.25, 0.3) is 11.1 Å². The summed E-state index contributed by atoms with van der Waals surface area (Å²) in [6.07, 6.45) is 5.36. The molecule has 2 aromatic carbocycles. The first-order chi connectivity index (χ1) is 15.9. The molecule has 0 aliphatic carbocycles. The number of pyridine rings is 1. The lowest BCUT2D eigenvalue weighted by atomic mass is 10.00. The molecule has 6 nitrogen and oxygen atoms in total. The molecule has 0 aliphatic rings. The Hall–Kier alpha value is -4.20. The number of ketones is 1. The third-order valence-electron chi connectivity index (χ3n) is 5.23. The van der Waals surface area contributed by atoms with Gasteiger partial charge in [-0.25, -0.2) is 18.7 Å². The number of Topliss-reactive ketones (excluding diaryl/α,β-unsaturated/α-hetero) is 1. The summed E-state index contributed by atoms with van der Waals surface area (Å²) < 4.78 is 27.9. The maximum atomic E-state index is 13.5. The fourth-order valence-electron chi connectivity index (χ4n) is 3.49. The Bertz CT molecular complexity index is 1370. The Morgan fingerprint density at radius 2 is 1.70 bits per heavy atom. The van der Waals surface area contributed by atoms with Crippen molar-refractivity contribution in [2.75, 3.05) is 5.73 Å². The zero-order chi connectivity index (χ0) is 23.4. The summed E-state index contributed by atoms with van der Waals surface area (Å²) in [4.78, 5) is 33.6. The summed E-state index contributed by atoms with van der Waals surface area (Å²) >= 11 is 0. The number of nitrogens with zero attached hydrogens (tertiary/aromatic N) is 3. The Morgan fingerprint density at radius 1 is 0.909 bits per heavy atom. The van der Waals surface area contributed by atoms with E-state index >= 15 is 0 Å². The van der Waals surface area contributed by atoms with E-state index in [2.05, 4.69) is 9.97 Å². The van der Waals surface area contributed by atoms with Crippen molar-refractivity contribution in [1.29, 1.82) is 0 Å². The highest BCUT2D eigenvalue weighted by Crippen LogP contribution is 2.20. The second-order valence-corrected chi connectivity index (χ2v) is 7.56. The van der Waals surface area contributed by atoms with Gasteiger partial charge in [0.25, 0.3) is 5.56 Å². The SMILES string of the molecule is Nc1ncc(-c2cccc(CCC(=O)c3cccn(Cc4ccc(F)c(F)c4)c3=O)c2)cn1. The summed E-state index contributed by atoms with van der Waals surface area (Å²) in [7, 11) is 0. The number of hydrogen-bond donors (Lipinski definition) is 1. The molecule has 8 heteroatoms. The topological polar surface area (TPSA) is 90.9 Å². The first-order valence-electron chi connectivity index (χ1n) is 10.2. The van der Waals surface area contributed by atoms with Gasteiger partial charge < -0.3 is 10.3 Å². The average Bonchev–Trinajstić information content (AvgIpc) is 2.82. The summed E-state index contributed by atoms with van der Waals surface area (Å²) in [5.41, 5.74) is 8.17. The number of carbonyl (C=O) groups is 1. The molecule has 0 spiro atoms. The predicted molar refractivity (Wildman–Crippen MR) is 121 cm³/mol. The van der Waals surface area contributed by atoms with Gasteiger partial charge in [0.2, 0.25) is 5.95 Å². The van der Waals surface area contributed by atoms with Gasteiger partial charge in [0.15, 0.2) is 17.4 Å². The van der Waals surface area contributed by atoms with Crippen LogP contribution in [-0.2, 0) is 13.0 Å². The first-order valence-corrected chi connectivity index (χ1v) is 10.2. The van der Waals surface area contributed by atoms with Crippen LogP contribution in [0.5, 0.6) is 0 Å². The van der Waals surface area contributed by atoms with Gasteiger partial charge in [-0.2, -0.15) is 0 Å². The van der Waals surface area contributed by atoms with E-state index in [9.17, 15) is 18.4 Å². The highest BCUT2D eigenvalue weighted by Gasteiger charge is 2.13. The molecule has 0 bridgehead atoms. The quantitative estimate of drug-likeness (QED) is 0.433. The molecule has 4 rings (SSSR count). The first kappa shape index (κ1) is 22.0. The molecule has 0 aliphatic heterocycles. The smallest absolute Gasteiger partial charge is 0.261 e. The van der Waals surface area contributed by atoms with Gasteiger partial charge in [-0.3, -0.25) is 9.59 Å². The van der Waals surface area contributed by atoms with Crippen LogP contribution in [0.3, 0.4) is 0 Å². The number of anilines is 1. The van der Waals surface area contributed by atoms with Crippen molar-refractivity contribution in [3.05, 3.63) is 112 Å². The number of rotatable bonds is 7. The zero-order valence-electron chi connectivity index (χ0n) is 17.5. The Kier molecular flexibility index (Phi) is 6.35. The third-order valence-corrected chi connectivity index (χ3v) is 5.23. The second kappa shape index (κ2) is 9.52. The number of benzene rings is 2. The van der Waals surface area contributed by atoms with Crippen LogP contribution in [0.4, 0.5) is 14.7 Å². The summed E-state index contributed by atoms with van der Waals surface area (Å²) in [5.74, 6) is -2.04. The molecule has 0 radical (unpaired) electrons. The predicted octanol–water partition coefficient (Wildman–Crippen LogP) is 4.03. The van der Waals surface area contributed by atoms with Crippen LogP contribution in [0.15, 0.2) is 78.0 Å². The summed E-state index contributed by atoms with van der Waals surface area (Å²) in [5, 5.41) is 0. The molecular weight excluding hydrogens is 426 g/mol. The molecule has 166 valence electrons. The van der Waals surface area contributed by atoms with Gasteiger partial charge in [-0.15, -0.1) is 0 Å². The summed E-state index contributed by atoms with van der Waals surface area (Å²) in [6.45, 7) is 0.0306. The normalized spacial score (nSPS) is 10.8. The minimum absolute atomic E-state index is 0.0306. The minimum atomic E-state index is -0.986. The van der Waals surface area contributed by atoms with Gasteiger partial charge in [-0.05, 0) is 47.4 Å². The van der Waals surface area contributed by atoms with E-state index in [1.54, 1.807) is 18.5 Å². The van der Waals surface area contributed by atoms with Gasteiger partial charge >= 0.3 is 0 Å². The molecule has 0 saturated carbocycles. The van der Waals surface area contributed by atoms with E-state index in [4.69, 9.17) is 5.73 Å². The van der Waals surface area contributed by atoms with Crippen molar-refractivity contribution in [2.45, 2.75) is 19.4 Å². The number of halogens is 2. The molecule has 2 heterocycles. The maximum Gasteiger partial charge on any atom is 0.261 e. The van der Waals surface area contributed by atoms with Crippen LogP contribution in [0.2, 0.25) is 0 Å². The highest BCUT2D eigenvalue weighted by molar-refractivity contribution is 5.95. The van der Waals surface area contributed by atoms with Crippen molar-refractivity contribution >= 4 is 11.7 Å². The van der Waals surface area contributed by atoms with Gasteiger partial charge in [0.05, 0.1) is 12.1 Å². The molecule has 0 atom stereocenters. The zero-order valence-corrected chi connectivity index (χ0v) is 17.5. The van der Waals surface area contributed by atoms with E-state index in [-0.39, 0.29) is 30.3 Å². The van der Waals surface area contributed by atoms with Crippen LogP contribution in [0, 0.1) is 11.6 Å². The molecule has 0 saturated heterocycles. The number of nitrogen functional groups attached to an aromatic ring is 1. The maximum absolute atomic E-state index is 13.5. The number of nitrogens with two attached hydrogens (primary N) is 1. The lowest BCUT2D eigenvalue weighted by Gasteiger charge is -2.09. The van der Waals surface area contributed by atoms with Crippen molar-refractivity contribution < 1.29 is 13.6 Å². The van der Waals surface area contributed by atoms with Crippen molar-refractivity contribution in [3.8, 4) is 11.1 Å². The average molecular weight is 446 g/mol. The van der Waals surface area contributed by atoms with Crippen molar-refractivity contribution in [3.63, 3.8) is 0 Å². The molecular formula is C25H20F2N4O2. The molecule has 33 heavy (non-hydrogen) atoms. The lowest BCUT2D eigenvalue weighted by Crippen LogP contribution is -2.26. The third kappa shape index (κ3) is 5.17. The van der Waals surface area contributed by atoms with E-state index in [0.717, 1.165) is 28.8 Å². The molecule has 0 unspecified atom stereocenters. The fraction of sp³-hybridized carbons (Fsp3) is 0.120. The minimum Gasteiger partial charge on any atom is -0.368 e. The van der Waals surface area contributed by atoms with Crippen LogP contribution < -0.4 is 11.3 Å². The number of carbonyl (C=O) groups excluding carboxylic acids is 1. The fourth-order valence-corrected chi connectivity index (χ4v) is 3.49. The van der Waals surface area contributed by atoms with Crippen LogP contribution in [0.1, 0.15) is 27.9 Å². The van der Waals surface area contributed by atoms with Gasteiger partial charge in [0, 0.05) is 30.6 Å². The van der Waals surface area contributed by atoms with E-state index in [1.807, 2.05) is 24.3 Å². The van der Waals surface area contributed by atoms with Gasteiger partial charge in [0.1, 0.15) is 0 Å². The van der Waals surface area contributed by atoms with Crippen molar-refractivity contribution in [1.82, 2.24) is 14.5 Å². The number of aromatic nitrogens is 3. The monoisotopic (exact) mass is 446 g/mol. The van der Waals surface area contributed by atoms with Crippen LogP contribution in [-0.4, -0.2) is 20.3 Å². The van der Waals surface area contributed by atoms with E-state index in [0.29, 0.717) is 12.0 Å². The Labute approximate surface area is 188 Å². The molecule has 2 N–H and O–H groups in total. The number of aryl methyl sites for hydroxylation is 1. The largest absolute Gasteiger partial charge is 0.368 e. The van der Waals surface area contributed by atoms with Gasteiger partial charge in [-0.1, -0.05) is 30.3 Å².